The maximum Gasteiger partial charge on any atom is 0.186 e. The van der Waals surface area contributed by atoms with E-state index in [9.17, 15) is 9.59 Å². The number of unbranched alkanes of at least 4 members (excludes halogenated alkanes) is 4. The Morgan fingerprint density at radius 2 is 1.75 bits per heavy atom. The normalized spacial score (nSPS) is 18.5. The Balaban J connectivity index is 1.88. The minimum Gasteiger partial charge on any atom is -0.338 e. The number of aromatic nitrogens is 1. The first-order valence-electron chi connectivity index (χ1n) is 12.6. The van der Waals surface area contributed by atoms with Crippen molar-refractivity contribution in [1.29, 1.82) is 0 Å². The molecule has 3 rings (SSSR count). The number of Topliss-reactive ketones (excluding diaryl/α,β-unsaturated/α-hetero) is 2. The van der Waals surface area contributed by atoms with Gasteiger partial charge in [-0.3, -0.25) is 14.5 Å². The predicted octanol–water partition coefficient (Wildman–Crippen LogP) is 6.68. The number of benzene rings is 1. The molecular weight excluding hydrogens is 396 g/mol. The zero-order valence-corrected chi connectivity index (χ0v) is 20.5. The molecule has 2 heterocycles. The molecule has 4 nitrogen and oxygen atoms in total. The minimum absolute atomic E-state index is 0.0380. The van der Waals surface area contributed by atoms with Gasteiger partial charge in [0, 0.05) is 35.5 Å². The first-order valence-corrected chi connectivity index (χ1v) is 12.6. The summed E-state index contributed by atoms with van der Waals surface area (Å²) in [4.78, 5) is 28.2. The molecule has 174 valence electrons. The highest BCUT2D eigenvalue weighted by molar-refractivity contribution is 6.04. The molecular formula is C28H40N2O2. The van der Waals surface area contributed by atoms with Crippen LogP contribution >= 0.6 is 0 Å². The lowest BCUT2D eigenvalue weighted by molar-refractivity contribution is 0.0889. The molecule has 0 saturated carbocycles. The van der Waals surface area contributed by atoms with Crippen molar-refractivity contribution in [1.82, 2.24) is 9.47 Å². The Labute approximate surface area is 193 Å². The minimum atomic E-state index is -0.0380. The van der Waals surface area contributed by atoms with Gasteiger partial charge in [0.2, 0.25) is 0 Å². The van der Waals surface area contributed by atoms with Gasteiger partial charge in [0.05, 0.1) is 5.69 Å². The van der Waals surface area contributed by atoms with E-state index in [-0.39, 0.29) is 17.5 Å². The lowest BCUT2D eigenvalue weighted by Gasteiger charge is -2.34. The van der Waals surface area contributed by atoms with Gasteiger partial charge in [0.1, 0.15) is 0 Å². The molecule has 32 heavy (non-hydrogen) atoms. The zero-order chi connectivity index (χ0) is 23.1. The van der Waals surface area contributed by atoms with E-state index in [0.29, 0.717) is 5.56 Å². The number of nitrogens with zero attached hydrogens (tertiary/aromatic N) is 2. The van der Waals surface area contributed by atoms with Crippen LogP contribution in [0.3, 0.4) is 0 Å². The molecule has 4 heteroatoms. The van der Waals surface area contributed by atoms with E-state index in [0.717, 1.165) is 68.5 Å². The number of fused-ring (bicyclic) bond motifs is 1. The fourth-order valence-corrected chi connectivity index (χ4v) is 4.95. The topological polar surface area (TPSA) is 42.3 Å². The smallest absolute Gasteiger partial charge is 0.186 e. The summed E-state index contributed by atoms with van der Waals surface area (Å²) in [6, 6.07) is 7.87. The summed E-state index contributed by atoms with van der Waals surface area (Å²) in [6.45, 7) is 12.0. The van der Waals surface area contributed by atoms with Crippen molar-refractivity contribution in [3.8, 4) is 0 Å². The van der Waals surface area contributed by atoms with Gasteiger partial charge in [-0.05, 0) is 76.0 Å². The van der Waals surface area contributed by atoms with E-state index in [1.807, 2.05) is 24.3 Å². The van der Waals surface area contributed by atoms with E-state index in [4.69, 9.17) is 0 Å². The standard InChI is InChI=1S/C28H40N2O2/c1-5-8-10-15-29-17-14-25(22(7-3)20-29)28(32)27-19-24-18-23(21(4)31)12-13-26(24)30(27)16-11-9-6-2/h7,12-13,18-19,25H,5-6,8-11,14-17,20H2,1-4H3/b22-7-/t25-/m1/s1. The monoisotopic (exact) mass is 436 g/mol. The quantitative estimate of drug-likeness (QED) is 0.224. The average molecular weight is 437 g/mol. The van der Waals surface area contributed by atoms with Crippen LogP contribution in [0.25, 0.3) is 10.9 Å². The molecule has 1 aliphatic heterocycles. The number of hydrogen-bond acceptors (Lipinski definition) is 3. The van der Waals surface area contributed by atoms with E-state index in [1.54, 1.807) is 6.92 Å². The maximum atomic E-state index is 13.8. The largest absolute Gasteiger partial charge is 0.338 e. The van der Waals surface area contributed by atoms with Crippen LogP contribution in [-0.2, 0) is 6.54 Å². The van der Waals surface area contributed by atoms with Crippen LogP contribution in [0, 0.1) is 5.92 Å². The average Bonchev–Trinajstić information content (AvgIpc) is 3.16. The summed E-state index contributed by atoms with van der Waals surface area (Å²) in [5.41, 5.74) is 3.83. The number of carbonyl (C=O) groups excluding carboxylic acids is 2. The molecule has 0 unspecified atom stereocenters. The molecule has 2 aromatic rings. The Kier molecular flexibility index (Phi) is 8.86. The van der Waals surface area contributed by atoms with Crippen LogP contribution in [-0.4, -0.2) is 40.7 Å². The molecule has 0 radical (unpaired) electrons. The van der Waals surface area contributed by atoms with Crippen LogP contribution in [0.4, 0.5) is 0 Å². The molecule has 1 fully saturated rings. The van der Waals surface area contributed by atoms with Gasteiger partial charge in [-0.15, -0.1) is 0 Å². The molecule has 1 saturated heterocycles. The molecule has 0 aliphatic carbocycles. The Hall–Kier alpha value is -2.20. The molecule has 1 atom stereocenters. The van der Waals surface area contributed by atoms with Gasteiger partial charge in [-0.25, -0.2) is 0 Å². The fraction of sp³-hybridized carbons (Fsp3) is 0.571. The highest BCUT2D eigenvalue weighted by Crippen LogP contribution is 2.30. The van der Waals surface area contributed by atoms with Gasteiger partial charge in [-0.1, -0.05) is 45.6 Å². The molecule has 0 bridgehead atoms. The highest BCUT2D eigenvalue weighted by atomic mass is 16.1. The number of ketones is 2. The van der Waals surface area contributed by atoms with Crippen LogP contribution in [0.1, 0.15) is 93.5 Å². The first kappa shape index (κ1) is 24.4. The zero-order valence-electron chi connectivity index (χ0n) is 20.5. The van der Waals surface area contributed by atoms with Gasteiger partial charge < -0.3 is 4.57 Å². The van der Waals surface area contributed by atoms with Crippen LogP contribution in [0.15, 0.2) is 35.9 Å². The van der Waals surface area contributed by atoms with Crippen molar-refractivity contribution in [2.24, 2.45) is 5.92 Å². The fourth-order valence-electron chi connectivity index (χ4n) is 4.95. The predicted molar refractivity (Wildman–Crippen MR) is 134 cm³/mol. The third-order valence-electron chi connectivity index (χ3n) is 6.90. The number of aryl methyl sites for hydroxylation is 1. The summed E-state index contributed by atoms with van der Waals surface area (Å²) < 4.78 is 2.21. The Morgan fingerprint density at radius 1 is 1.03 bits per heavy atom. The molecule has 0 amide bonds. The van der Waals surface area contributed by atoms with Gasteiger partial charge in [-0.2, -0.15) is 0 Å². The van der Waals surface area contributed by atoms with Crippen molar-refractivity contribution < 1.29 is 9.59 Å². The SMILES string of the molecule is C/C=C1/CN(CCCCC)CC[C@H]1C(=O)c1cc2cc(C(C)=O)ccc2n1CCCCC. The van der Waals surface area contributed by atoms with E-state index in [1.165, 1.54) is 24.8 Å². The highest BCUT2D eigenvalue weighted by Gasteiger charge is 2.31. The van der Waals surface area contributed by atoms with Crippen LogP contribution < -0.4 is 0 Å². The third kappa shape index (κ3) is 5.58. The summed E-state index contributed by atoms with van der Waals surface area (Å²) in [7, 11) is 0. The second kappa shape index (κ2) is 11.6. The van der Waals surface area contributed by atoms with Crippen molar-refractivity contribution in [3.05, 3.63) is 47.2 Å². The lowest BCUT2D eigenvalue weighted by Crippen LogP contribution is -2.39. The van der Waals surface area contributed by atoms with Crippen molar-refractivity contribution in [3.63, 3.8) is 0 Å². The van der Waals surface area contributed by atoms with Gasteiger partial charge >= 0.3 is 0 Å². The van der Waals surface area contributed by atoms with Gasteiger partial charge in [0.25, 0.3) is 0 Å². The molecule has 1 aromatic carbocycles. The molecule has 0 N–H and O–H groups in total. The van der Waals surface area contributed by atoms with Crippen LogP contribution in [0.5, 0.6) is 0 Å². The number of hydrogen-bond donors (Lipinski definition) is 0. The van der Waals surface area contributed by atoms with E-state index >= 15 is 0 Å². The summed E-state index contributed by atoms with van der Waals surface area (Å²) in [5.74, 6) is 0.262. The number of likely N-dealkylation sites (tertiary alicyclic amines) is 1. The third-order valence-corrected chi connectivity index (χ3v) is 6.90. The Morgan fingerprint density at radius 3 is 2.41 bits per heavy atom. The Bertz CT molecular complexity index is 969. The lowest BCUT2D eigenvalue weighted by atomic mass is 9.86. The second-order valence-corrected chi connectivity index (χ2v) is 9.27. The summed E-state index contributed by atoms with van der Waals surface area (Å²) in [6.07, 6.45) is 10.1. The molecule has 1 aliphatic rings. The summed E-state index contributed by atoms with van der Waals surface area (Å²) in [5, 5.41) is 0.997. The van der Waals surface area contributed by atoms with Gasteiger partial charge in [0.15, 0.2) is 11.6 Å². The van der Waals surface area contributed by atoms with E-state index in [2.05, 4.69) is 36.3 Å². The maximum absolute atomic E-state index is 13.8. The first-order chi connectivity index (χ1) is 15.5. The molecule has 0 spiro atoms. The number of allylic oxidation sites excluding steroid dienone is 1. The number of rotatable bonds is 11. The number of piperidine rings is 1. The molecule has 1 aromatic heterocycles. The number of carbonyl (C=O) groups is 2. The van der Waals surface area contributed by atoms with Crippen LogP contribution in [0.2, 0.25) is 0 Å². The van der Waals surface area contributed by atoms with Crippen molar-refractivity contribution >= 4 is 22.5 Å². The van der Waals surface area contributed by atoms with E-state index < -0.39 is 0 Å². The van der Waals surface area contributed by atoms with Crippen molar-refractivity contribution in [2.75, 3.05) is 19.6 Å². The summed E-state index contributed by atoms with van der Waals surface area (Å²) >= 11 is 0. The second-order valence-electron chi connectivity index (χ2n) is 9.27. The van der Waals surface area contributed by atoms with Crippen molar-refractivity contribution in [2.45, 2.75) is 79.2 Å².